The van der Waals surface area contributed by atoms with Crippen LogP contribution in [0.25, 0.3) is 5.65 Å². The zero-order chi connectivity index (χ0) is 20.8. The number of pyridine rings is 1. The summed E-state index contributed by atoms with van der Waals surface area (Å²) in [6.45, 7) is 5.90. The van der Waals surface area contributed by atoms with Crippen LogP contribution in [0.4, 0.5) is 5.69 Å². The zero-order valence-electron chi connectivity index (χ0n) is 17.2. The lowest BCUT2D eigenvalue weighted by molar-refractivity contribution is 0.0322. The quantitative estimate of drug-likeness (QED) is 0.470. The van der Waals surface area contributed by atoms with Gasteiger partial charge in [-0.15, -0.1) is 12.4 Å². The largest absolute Gasteiger partial charge is 0.492 e. The van der Waals surface area contributed by atoms with Crippen LogP contribution >= 0.6 is 24.0 Å². The van der Waals surface area contributed by atoms with E-state index in [2.05, 4.69) is 32.5 Å². The molecule has 10 heteroatoms. The highest BCUT2D eigenvalue weighted by atomic mass is 35.5. The second kappa shape index (κ2) is 11.4. The Bertz CT molecular complexity index is 1030. The summed E-state index contributed by atoms with van der Waals surface area (Å²) in [7, 11) is 0. The van der Waals surface area contributed by atoms with E-state index >= 15 is 0 Å². The van der Waals surface area contributed by atoms with Crippen molar-refractivity contribution in [1.82, 2.24) is 19.5 Å². The second-order valence-corrected chi connectivity index (χ2v) is 7.71. The molecule has 1 aliphatic rings. The first-order chi connectivity index (χ1) is 14.7. The minimum Gasteiger partial charge on any atom is -0.492 e. The molecule has 31 heavy (non-hydrogen) atoms. The van der Waals surface area contributed by atoms with E-state index in [1.807, 2.05) is 12.1 Å². The summed E-state index contributed by atoms with van der Waals surface area (Å²) >= 11 is 6.11. The Kier molecular flexibility index (Phi) is 8.60. The maximum absolute atomic E-state index is 11.7. The number of halogens is 2. The Labute approximate surface area is 191 Å². The third kappa shape index (κ3) is 6.36. The fourth-order valence-corrected chi connectivity index (χ4v) is 3.74. The highest BCUT2D eigenvalue weighted by Gasteiger charge is 2.10. The van der Waals surface area contributed by atoms with E-state index < -0.39 is 0 Å². The molecule has 3 heterocycles. The minimum absolute atomic E-state index is 0. The Morgan fingerprint density at radius 3 is 2.94 bits per heavy atom. The van der Waals surface area contributed by atoms with Crippen LogP contribution in [-0.2, 0) is 11.2 Å². The van der Waals surface area contributed by atoms with Gasteiger partial charge < -0.3 is 14.8 Å². The molecule has 1 saturated heterocycles. The Balaban J connectivity index is 0.00000272. The zero-order valence-corrected chi connectivity index (χ0v) is 18.8. The molecule has 0 bridgehead atoms. The summed E-state index contributed by atoms with van der Waals surface area (Å²) in [6, 6.07) is 10.0. The number of nitrogens with one attached hydrogen (secondary N) is 2. The number of fused-ring (bicyclic) bond motifs is 1. The van der Waals surface area contributed by atoms with Crippen LogP contribution in [0, 0.1) is 0 Å². The van der Waals surface area contributed by atoms with Crippen molar-refractivity contribution < 1.29 is 9.47 Å². The van der Waals surface area contributed by atoms with E-state index in [9.17, 15) is 4.79 Å². The summed E-state index contributed by atoms with van der Waals surface area (Å²) in [6.07, 6.45) is 3.39. The van der Waals surface area contributed by atoms with Crippen molar-refractivity contribution in [2.45, 2.75) is 12.8 Å². The van der Waals surface area contributed by atoms with Gasteiger partial charge in [0.25, 0.3) is 0 Å². The van der Waals surface area contributed by atoms with Crippen LogP contribution in [0.1, 0.15) is 12.0 Å². The van der Waals surface area contributed by atoms with Crippen molar-refractivity contribution in [2.75, 3.05) is 51.3 Å². The molecule has 0 saturated carbocycles. The fraction of sp³-hybridized carbons (Fsp3) is 0.429. The highest BCUT2D eigenvalue weighted by molar-refractivity contribution is 6.30. The molecule has 0 amide bonds. The van der Waals surface area contributed by atoms with Gasteiger partial charge in [-0.25, -0.2) is 14.3 Å². The average Bonchev–Trinajstić information content (AvgIpc) is 3.13. The maximum atomic E-state index is 11.7. The molecule has 0 aliphatic carbocycles. The number of rotatable bonds is 9. The van der Waals surface area contributed by atoms with Gasteiger partial charge in [-0.2, -0.15) is 5.10 Å². The highest BCUT2D eigenvalue weighted by Crippen LogP contribution is 2.20. The normalized spacial score (nSPS) is 14.4. The monoisotopic (exact) mass is 467 g/mol. The van der Waals surface area contributed by atoms with Gasteiger partial charge in [-0.1, -0.05) is 23.7 Å². The van der Waals surface area contributed by atoms with E-state index in [0.717, 1.165) is 63.7 Å². The van der Waals surface area contributed by atoms with Crippen molar-refractivity contribution in [3.63, 3.8) is 0 Å². The number of H-pyrrole nitrogens is 1. The smallest absolute Gasteiger partial charge is 0.347 e. The SMILES string of the molecule is Cl.O=c1[nH]nc2c(NCCCc3cccc(OCCN4CCOCC4)c3)cc(Cl)cn12. The standard InChI is InChI=1S/C21H26ClN5O3.ClH/c22-17-14-19(20-24-25-21(28)27(20)15-17)23-6-2-4-16-3-1-5-18(13-16)30-12-9-26-7-10-29-11-8-26;/h1,3,5,13-15,23H,2,4,6-12H2,(H,25,28);1H. The predicted octanol–water partition coefficient (Wildman–Crippen LogP) is 2.85. The van der Waals surface area contributed by atoms with Crippen LogP contribution in [-0.4, -0.2) is 65.5 Å². The molecule has 168 valence electrons. The number of aryl methyl sites for hydroxylation is 1. The summed E-state index contributed by atoms with van der Waals surface area (Å²) in [4.78, 5) is 14.1. The third-order valence-corrected chi connectivity index (χ3v) is 5.32. The summed E-state index contributed by atoms with van der Waals surface area (Å²) in [5, 5.41) is 10.3. The molecule has 0 radical (unpaired) electrons. The molecule has 8 nitrogen and oxygen atoms in total. The van der Waals surface area contributed by atoms with Gasteiger partial charge in [0.05, 0.1) is 23.9 Å². The molecular weight excluding hydrogens is 441 g/mol. The van der Waals surface area contributed by atoms with Crippen molar-refractivity contribution in [1.29, 1.82) is 0 Å². The van der Waals surface area contributed by atoms with Gasteiger partial charge in [-0.05, 0) is 36.6 Å². The lowest BCUT2D eigenvalue weighted by Gasteiger charge is -2.26. The molecule has 2 N–H and O–H groups in total. The fourth-order valence-electron chi connectivity index (χ4n) is 3.53. The first-order valence-electron chi connectivity index (χ1n) is 10.2. The number of morpholine rings is 1. The number of aromatic amines is 1. The van der Waals surface area contributed by atoms with Gasteiger partial charge in [-0.3, -0.25) is 4.90 Å². The number of anilines is 1. The summed E-state index contributed by atoms with van der Waals surface area (Å²) in [5.74, 6) is 0.904. The molecule has 1 aliphatic heterocycles. The van der Waals surface area contributed by atoms with Gasteiger partial charge in [0, 0.05) is 32.4 Å². The molecule has 0 spiro atoms. The van der Waals surface area contributed by atoms with Crippen molar-refractivity contribution in [3.8, 4) is 5.75 Å². The van der Waals surface area contributed by atoms with Crippen molar-refractivity contribution in [3.05, 3.63) is 57.6 Å². The van der Waals surface area contributed by atoms with E-state index in [1.165, 1.54) is 9.96 Å². The Morgan fingerprint density at radius 1 is 1.26 bits per heavy atom. The molecule has 4 rings (SSSR count). The summed E-state index contributed by atoms with van der Waals surface area (Å²) in [5.41, 5.74) is 2.20. The van der Waals surface area contributed by atoms with Gasteiger partial charge in [0.1, 0.15) is 12.4 Å². The molecule has 1 aromatic carbocycles. The van der Waals surface area contributed by atoms with Gasteiger partial charge >= 0.3 is 5.69 Å². The van der Waals surface area contributed by atoms with Crippen LogP contribution in [0.5, 0.6) is 5.75 Å². The van der Waals surface area contributed by atoms with Gasteiger partial charge in [0.15, 0.2) is 5.65 Å². The molecule has 0 atom stereocenters. The molecule has 0 unspecified atom stereocenters. The molecule has 1 fully saturated rings. The number of hydrogen-bond donors (Lipinski definition) is 2. The Hall–Kier alpha value is -2.26. The number of hydrogen-bond acceptors (Lipinski definition) is 6. The molecular formula is C21H27Cl2N5O3. The van der Waals surface area contributed by atoms with E-state index in [1.54, 1.807) is 12.3 Å². The van der Waals surface area contributed by atoms with Crippen molar-refractivity contribution in [2.24, 2.45) is 0 Å². The van der Waals surface area contributed by atoms with Crippen LogP contribution in [0.15, 0.2) is 41.3 Å². The minimum atomic E-state index is -0.305. The van der Waals surface area contributed by atoms with Crippen molar-refractivity contribution >= 4 is 35.3 Å². The average molecular weight is 468 g/mol. The number of aromatic nitrogens is 3. The predicted molar refractivity (Wildman–Crippen MR) is 124 cm³/mol. The number of nitrogens with zero attached hydrogens (tertiary/aromatic N) is 3. The number of benzene rings is 1. The lowest BCUT2D eigenvalue weighted by atomic mass is 10.1. The Morgan fingerprint density at radius 2 is 2.10 bits per heavy atom. The molecule has 2 aromatic heterocycles. The number of ether oxygens (including phenoxy) is 2. The van der Waals surface area contributed by atoms with Crippen LogP contribution in [0.2, 0.25) is 5.02 Å². The second-order valence-electron chi connectivity index (χ2n) is 7.27. The van der Waals surface area contributed by atoms with E-state index in [0.29, 0.717) is 17.3 Å². The van der Waals surface area contributed by atoms with Gasteiger partial charge in [0.2, 0.25) is 0 Å². The van der Waals surface area contributed by atoms with Crippen LogP contribution in [0.3, 0.4) is 0 Å². The lowest BCUT2D eigenvalue weighted by Crippen LogP contribution is -2.38. The van der Waals surface area contributed by atoms with E-state index in [4.69, 9.17) is 21.1 Å². The first-order valence-corrected chi connectivity index (χ1v) is 10.6. The van der Waals surface area contributed by atoms with Crippen LogP contribution < -0.4 is 15.7 Å². The first kappa shape index (κ1) is 23.4. The topological polar surface area (TPSA) is 83.9 Å². The third-order valence-electron chi connectivity index (χ3n) is 5.12. The molecule has 3 aromatic rings. The maximum Gasteiger partial charge on any atom is 0.347 e. The van der Waals surface area contributed by atoms with E-state index in [-0.39, 0.29) is 18.1 Å². The summed E-state index contributed by atoms with van der Waals surface area (Å²) < 4.78 is 12.7.